The average Bonchev–Trinajstić information content (AvgIpc) is 2.31. The Morgan fingerprint density at radius 1 is 1.00 bits per heavy atom. The first-order valence-electron chi connectivity index (χ1n) is 6.17. The summed E-state index contributed by atoms with van der Waals surface area (Å²) in [5.74, 6) is -4.01. The summed E-state index contributed by atoms with van der Waals surface area (Å²) < 4.78 is 4.64. The van der Waals surface area contributed by atoms with Crippen molar-refractivity contribution in [2.75, 3.05) is 0 Å². The molecule has 0 saturated carbocycles. The molecule has 0 aliphatic heterocycles. The highest BCUT2D eigenvalue weighted by molar-refractivity contribution is 5.91. The minimum Gasteiger partial charge on any atom is -0.480 e. The van der Waals surface area contributed by atoms with Crippen molar-refractivity contribution in [1.29, 1.82) is 0 Å². The zero-order valence-corrected chi connectivity index (χ0v) is 11.9. The van der Waals surface area contributed by atoms with E-state index in [2.05, 4.69) is 4.74 Å². The molecular formula is C12H21NO7. The molecule has 0 aliphatic carbocycles. The molecular weight excluding hydrogens is 270 g/mol. The quantitative estimate of drug-likeness (QED) is 0.437. The summed E-state index contributed by atoms with van der Waals surface area (Å²) in [6.07, 6.45) is -4.68. The van der Waals surface area contributed by atoms with Crippen molar-refractivity contribution in [2.24, 2.45) is 5.92 Å². The lowest BCUT2D eigenvalue weighted by Crippen LogP contribution is -2.52. The number of carbonyl (C=O) groups excluding carboxylic acids is 2. The first kappa shape index (κ1) is 18.3. The van der Waals surface area contributed by atoms with Crippen LogP contribution in [0, 0.1) is 5.92 Å². The number of aliphatic hydroxyl groups is 2. The number of nitrogens with one attached hydrogen (secondary N) is 1. The SMILES string of the molecule is CC(C)OC(=O)C(O)C(O)C(=O)NC(C(=O)O)C(C)C. The van der Waals surface area contributed by atoms with E-state index in [-0.39, 0.29) is 0 Å². The van der Waals surface area contributed by atoms with Gasteiger partial charge >= 0.3 is 11.9 Å². The molecule has 0 fully saturated rings. The Kier molecular flexibility index (Phi) is 7.16. The first-order chi connectivity index (χ1) is 9.07. The van der Waals surface area contributed by atoms with Gasteiger partial charge in [0, 0.05) is 0 Å². The second-order valence-corrected chi connectivity index (χ2v) is 4.94. The number of hydrogen-bond acceptors (Lipinski definition) is 6. The van der Waals surface area contributed by atoms with Crippen LogP contribution in [0.2, 0.25) is 0 Å². The monoisotopic (exact) mass is 291 g/mol. The van der Waals surface area contributed by atoms with Crippen LogP contribution in [-0.4, -0.2) is 57.5 Å². The smallest absolute Gasteiger partial charge is 0.338 e. The molecule has 0 spiro atoms. The highest BCUT2D eigenvalue weighted by atomic mass is 16.6. The van der Waals surface area contributed by atoms with Gasteiger partial charge in [0.15, 0.2) is 12.2 Å². The third kappa shape index (κ3) is 5.54. The molecule has 0 heterocycles. The molecule has 3 unspecified atom stereocenters. The Morgan fingerprint density at radius 3 is 1.85 bits per heavy atom. The lowest BCUT2D eigenvalue weighted by molar-refractivity contribution is -0.167. The molecule has 0 bridgehead atoms. The highest BCUT2D eigenvalue weighted by Gasteiger charge is 2.34. The van der Waals surface area contributed by atoms with Crippen molar-refractivity contribution in [2.45, 2.75) is 52.0 Å². The Morgan fingerprint density at radius 2 is 1.50 bits per heavy atom. The van der Waals surface area contributed by atoms with E-state index in [1.54, 1.807) is 13.8 Å². The maximum Gasteiger partial charge on any atom is 0.338 e. The largest absolute Gasteiger partial charge is 0.480 e. The van der Waals surface area contributed by atoms with E-state index < -0.39 is 48.1 Å². The first-order valence-corrected chi connectivity index (χ1v) is 6.17. The summed E-state index contributed by atoms with van der Waals surface area (Å²) in [6, 6.07) is -1.23. The number of ether oxygens (including phenoxy) is 1. The second kappa shape index (κ2) is 7.81. The summed E-state index contributed by atoms with van der Waals surface area (Å²) in [5, 5.41) is 29.9. The van der Waals surface area contributed by atoms with Gasteiger partial charge in [-0.15, -0.1) is 0 Å². The number of carboxylic acid groups (broad SMARTS) is 1. The van der Waals surface area contributed by atoms with E-state index >= 15 is 0 Å². The van der Waals surface area contributed by atoms with Gasteiger partial charge in [-0.05, 0) is 19.8 Å². The molecule has 8 heteroatoms. The predicted octanol–water partition coefficient (Wildman–Crippen LogP) is -1.11. The number of amides is 1. The van der Waals surface area contributed by atoms with E-state index in [1.165, 1.54) is 13.8 Å². The summed E-state index contributed by atoms with van der Waals surface area (Å²) in [4.78, 5) is 33.8. The summed E-state index contributed by atoms with van der Waals surface area (Å²) in [6.45, 7) is 6.20. The van der Waals surface area contributed by atoms with Crippen molar-refractivity contribution >= 4 is 17.8 Å². The molecule has 116 valence electrons. The number of hydrogen-bond donors (Lipinski definition) is 4. The van der Waals surface area contributed by atoms with Gasteiger partial charge in [0.1, 0.15) is 6.04 Å². The zero-order valence-electron chi connectivity index (χ0n) is 11.9. The number of esters is 1. The van der Waals surface area contributed by atoms with Gasteiger partial charge in [-0.25, -0.2) is 9.59 Å². The van der Waals surface area contributed by atoms with Crippen molar-refractivity contribution < 1.29 is 34.4 Å². The van der Waals surface area contributed by atoms with Gasteiger partial charge in [0.05, 0.1) is 6.10 Å². The molecule has 0 aromatic carbocycles. The molecule has 8 nitrogen and oxygen atoms in total. The molecule has 4 N–H and O–H groups in total. The number of carboxylic acids is 1. The van der Waals surface area contributed by atoms with E-state index in [0.29, 0.717) is 0 Å². The Balaban J connectivity index is 4.68. The molecule has 0 radical (unpaired) electrons. The van der Waals surface area contributed by atoms with Gasteiger partial charge in [-0.3, -0.25) is 4.79 Å². The summed E-state index contributed by atoms with van der Waals surface area (Å²) >= 11 is 0. The maximum atomic E-state index is 11.6. The van der Waals surface area contributed by atoms with Crippen LogP contribution >= 0.6 is 0 Å². The average molecular weight is 291 g/mol. The lowest BCUT2D eigenvalue weighted by Gasteiger charge is -2.22. The third-order valence-corrected chi connectivity index (χ3v) is 2.39. The van der Waals surface area contributed by atoms with Gasteiger partial charge < -0.3 is 25.4 Å². The van der Waals surface area contributed by atoms with Crippen LogP contribution in [0.1, 0.15) is 27.7 Å². The van der Waals surface area contributed by atoms with Crippen molar-refractivity contribution in [3.05, 3.63) is 0 Å². The fraction of sp³-hybridized carbons (Fsp3) is 0.750. The van der Waals surface area contributed by atoms with Gasteiger partial charge in [-0.1, -0.05) is 13.8 Å². The molecule has 0 saturated heterocycles. The molecule has 0 aromatic rings. The van der Waals surface area contributed by atoms with E-state index in [0.717, 1.165) is 0 Å². The van der Waals surface area contributed by atoms with Crippen LogP contribution in [0.3, 0.4) is 0 Å². The predicted molar refractivity (Wildman–Crippen MR) is 67.6 cm³/mol. The maximum absolute atomic E-state index is 11.6. The Bertz CT molecular complexity index is 367. The van der Waals surface area contributed by atoms with Gasteiger partial charge in [-0.2, -0.15) is 0 Å². The molecule has 0 aliphatic rings. The Labute approximate surface area is 116 Å². The van der Waals surface area contributed by atoms with E-state index in [1.807, 2.05) is 5.32 Å². The van der Waals surface area contributed by atoms with Crippen LogP contribution in [0.15, 0.2) is 0 Å². The van der Waals surface area contributed by atoms with Crippen LogP contribution < -0.4 is 5.32 Å². The number of carbonyl (C=O) groups is 3. The standard InChI is InChI=1S/C12H21NO7/c1-5(2)7(11(17)18)13-10(16)8(14)9(15)12(19)20-6(3)4/h5-9,14-15H,1-4H3,(H,13,16)(H,17,18). The zero-order chi connectivity index (χ0) is 16.0. The molecule has 0 aromatic heterocycles. The third-order valence-electron chi connectivity index (χ3n) is 2.39. The van der Waals surface area contributed by atoms with Crippen LogP contribution in [0.5, 0.6) is 0 Å². The summed E-state index contributed by atoms with van der Waals surface area (Å²) in [5.41, 5.74) is 0. The van der Waals surface area contributed by atoms with Crippen LogP contribution in [0.25, 0.3) is 0 Å². The van der Waals surface area contributed by atoms with E-state index in [9.17, 15) is 24.6 Å². The van der Waals surface area contributed by atoms with Gasteiger partial charge in [0.2, 0.25) is 0 Å². The van der Waals surface area contributed by atoms with Crippen LogP contribution in [-0.2, 0) is 19.1 Å². The van der Waals surface area contributed by atoms with Crippen molar-refractivity contribution in [3.63, 3.8) is 0 Å². The van der Waals surface area contributed by atoms with Gasteiger partial charge in [0.25, 0.3) is 5.91 Å². The molecule has 3 atom stereocenters. The second-order valence-electron chi connectivity index (χ2n) is 4.94. The highest BCUT2D eigenvalue weighted by Crippen LogP contribution is 2.05. The number of aliphatic hydroxyl groups excluding tert-OH is 2. The summed E-state index contributed by atoms with van der Waals surface area (Å²) in [7, 11) is 0. The van der Waals surface area contributed by atoms with Crippen LogP contribution in [0.4, 0.5) is 0 Å². The lowest BCUT2D eigenvalue weighted by atomic mass is 10.0. The van der Waals surface area contributed by atoms with Crippen molar-refractivity contribution in [3.8, 4) is 0 Å². The van der Waals surface area contributed by atoms with E-state index in [4.69, 9.17) is 5.11 Å². The molecule has 20 heavy (non-hydrogen) atoms. The topological polar surface area (TPSA) is 133 Å². The minimum absolute atomic E-state index is 0.427. The number of rotatable bonds is 7. The minimum atomic E-state index is -2.10. The molecule has 0 rings (SSSR count). The normalized spacial score (nSPS) is 15.6. The molecule has 1 amide bonds. The fourth-order valence-electron chi connectivity index (χ4n) is 1.33. The number of aliphatic carboxylic acids is 1. The Hall–Kier alpha value is -1.67. The fourth-order valence-corrected chi connectivity index (χ4v) is 1.33. The van der Waals surface area contributed by atoms with Crippen molar-refractivity contribution in [1.82, 2.24) is 5.32 Å².